The molecule has 4 nitrogen and oxygen atoms in total. The summed E-state index contributed by atoms with van der Waals surface area (Å²) in [7, 11) is 0. The Morgan fingerprint density at radius 1 is 1.14 bits per heavy atom. The van der Waals surface area contributed by atoms with Crippen LogP contribution in [-0.2, 0) is 0 Å². The highest BCUT2D eigenvalue weighted by atomic mass is 16.6. The number of rotatable bonds is 4. The van der Waals surface area contributed by atoms with Gasteiger partial charge >= 0.3 is 0 Å². The van der Waals surface area contributed by atoms with Gasteiger partial charge in [0, 0.05) is 6.20 Å². The van der Waals surface area contributed by atoms with Crippen LogP contribution in [0.15, 0.2) is 36.5 Å². The smallest absolute Gasteiger partial charge is 0.161 e. The fourth-order valence-electron chi connectivity index (χ4n) is 2.55. The van der Waals surface area contributed by atoms with E-state index in [-0.39, 0.29) is 6.04 Å². The maximum atomic E-state index is 5.68. The van der Waals surface area contributed by atoms with Gasteiger partial charge < -0.3 is 14.8 Å². The second-order valence-electron chi connectivity index (χ2n) is 5.15. The van der Waals surface area contributed by atoms with Crippen molar-refractivity contribution >= 4 is 0 Å². The molecule has 21 heavy (non-hydrogen) atoms. The average Bonchev–Trinajstić information content (AvgIpc) is 2.52. The second-order valence-corrected chi connectivity index (χ2v) is 5.15. The molecule has 2 aromatic rings. The van der Waals surface area contributed by atoms with Gasteiger partial charge in [0.1, 0.15) is 13.2 Å². The van der Waals surface area contributed by atoms with E-state index >= 15 is 0 Å². The van der Waals surface area contributed by atoms with Crippen molar-refractivity contribution in [3.05, 3.63) is 53.3 Å². The average molecular weight is 284 g/mol. The Hall–Kier alpha value is -2.07. The molecule has 0 saturated heterocycles. The van der Waals surface area contributed by atoms with Gasteiger partial charge in [0.15, 0.2) is 11.5 Å². The Balaban J connectivity index is 1.97. The van der Waals surface area contributed by atoms with E-state index in [0.29, 0.717) is 13.2 Å². The van der Waals surface area contributed by atoms with Gasteiger partial charge in [-0.15, -0.1) is 0 Å². The molecule has 3 rings (SSSR count). The zero-order valence-electron chi connectivity index (χ0n) is 12.4. The Morgan fingerprint density at radius 3 is 2.71 bits per heavy atom. The molecule has 0 saturated carbocycles. The lowest BCUT2D eigenvalue weighted by molar-refractivity contribution is 0.171. The third kappa shape index (κ3) is 3.00. The second kappa shape index (κ2) is 6.14. The van der Waals surface area contributed by atoms with Crippen LogP contribution in [0.2, 0.25) is 0 Å². The van der Waals surface area contributed by atoms with Gasteiger partial charge in [-0.05, 0) is 48.9 Å². The van der Waals surface area contributed by atoms with E-state index < -0.39 is 0 Å². The van der Waals surface area contributed by atoms with Crippen LogP contribution in [0.25, 0.3) is 0 Å². The quantitative estimate of drug-likeness (QED) is 0.937. The van der Waals surface area contributed by atoms with E-state index in [0.717, 1.165) is 29.3 Å². The molecule has 1 aliphatic heterocycles. The van der Waals surface area contributed by atoms with Crippen LogP contribution in [0.3, 0.4) is 0 Å². The summed E-state index contributed by atoms with van der Waals surface area (Å²) >= 11 is 0. The Bertz CT molecular complexity index is 628. The predicted molar refractivity (Wildman–Crippen MR) is 81.9 cm³/mol. The van der Waals surface area contributed by atoms with Crippen molar-refractivity contribution in [1.82, 2.24) is 10.3 Å². The van der Waals surface area contributed by atoms with Crippen LogP contribution < -0.4 is 14.8 Å². The predicted octanol–water partition coefficient (Wildman–Crippen LogP) is 2.86. The highest BCUT2D eigenvalue weighted by Gasteiger charge is 2.18. The number of fused-ring (bicyclic) bond motifs is 1. The molecule has 4 heteroatoms. The Kier molecular flexibility index (Phi) is 4.06. The summed E-state index contributed by atoms with van der Waals surface area (Å²) < 4.78 is 11.3. The molecule has 0 fully saturated rings. The van der Waals surface area contributed by atoms with Crippen LogP contribution in [-0.4, -0.2) is 24.7 Å². The van der Waals surface area contributed by atoms with E-state index in [2.05, 4.69) is 36.3 Å². The van der Waals surface area contributed by atoms with Crippen molar-refractivity contribution in [3.8, 4) is 11.5 Å². The van der Waals surface area contributed by atoms with E-state index in [9.17, 15) is 0 Å². The lowest BCUT2D eigenvalue weighted by Gasteiger charge is -2.22. The van der Waals surface area contributed by atoms with Gasteiger partial charge in [-0.1, -0.05) is 13.0 Å². The molecule has 110 valence electrons. The molecule has 0 spiro atoms. The Morgan fingerprint density at radius 2 is 1.95 bits per heavy atom. The van der Waals surface area contributed by atoms with E-state index in [1.54, 1.807) is 0 Å². The van der Waals surface area contributed by atoms with Crippen LogP contribution in [0, 0.1) is 6.92 Å². The first-order valence-corrected chi connectivity index (χ1v) is 7.33. The van der Waals surface area contributed by atoms with E-state index in [4.69, 9.17) is 9.47 Å². The fourth-order valence-corrected chi connectivity index (χ4v) is 2.55. The number of hydrogen-bond donors (Lipinski definition) is 1. The molecule has 1 aliphatic rings. The molecule has 0 bridgehead atoms. The first-order valence-electron chi connectivity index (χ1n) is 7.33. The third-order valence-corrected chi connectivity index (χ3v) is 3.54. The van der Waals surface area contributed by atoms with Crippen LogP contribution >= 0.6 is 0 Å². The number of nitrogens with one attached hydrogen (secondary N) is 1. The number of aromatic nitrogens is 1. The lowest BCUT2D eigenvalue weighted by atomic mass is 10.0. The number of pyridine rings is 1. The summed E-state index contributed by atoms with van der Waals surface area (Å²) in [5.74, 6) is 1.63. The molecule has 1 unspecified atom stereocenters. The summed E-state index contributed by atoms with van der Waals surface area (Å²) in [4.78, 5) is 4.51. The molecular weight excluding hydrogens is 264 g/mol. The standard InChI is InChI=1S/C17H20N2O2/c1-3-18-17(14-10-12(2)6-7-19-14)13-4-5-15-16(11-13)21-9-8-20-15/h4-7,10-11,17-18H,3,8-9H2,1-2H3. The molecule has 2 heterocycles. The molecule has 0 amide bonds. The number of benzene rings is 1. The molecule has 1 atom stereocenters. The number of aryl methyl sites for hydroxylation is 1. The molecule has 1 aromatic carbocycles. The van der Waals surface area contributed by atoms with Crippen molar-refractivity contribution in [1.29, 1.82) is 0 Å². The molecule has 0 aliphatic carbocycles. The van der Waals surface area contributed by atoms with Gasteiger partial charge in [-0.25, -0.2) is 0 Å². The number of nitrogens with zero attached hydrogens (tertiary/aromatic N) is 1. The minimum absolute atomic E-state index is 0.0609. The molecule has 1 aromatic heterocycles. The maximum absolute atomic E-state index is 5.68. The molecule has 1 N–H and O–H groups in total. The highest BCUT2D eigenvalue weighted by molar-refractivity contribution is 5.46. The van der Waals surface area contributed by atoms with Crippen molar-refractivity contribution in [3.63, 3.8) is 0 Å². The largest absolute Gasteiger partial charge is 0.486 e. The number of ether oxygens (including phenoxy) is 2. The van der Waals surface area contributed by atoms with Crippen LogP contribution in [0.1, 0.15) is 29.8 Å². The summed E-state index contributed by atoms with van der Waals surface area (Å²) in [6, 6.07) is 10.3. The topological polar surface area (TPSA) is 43.4 Å². The molecular formula is C17H20N2O2. The first kappa shape index (κ1) is 13.9. The summed E-state index contributed by atoms with van der Waals surface area (Å²) in [5.41, 5.74) is 3.37. The first-order chi connectivity index (χ1) is 10.3. The van der Waals surface area contributed by atoms with Crippen molar-refractivity contribution in [2.45, 2.75) is 19.9 Å². The van der Waals surface area contributed by atoms with Gasteiger partial charge in [-0.2, -0.15) is 0 Å². The lowest BCUT2D eigenvalue weighted by Crippen LogP contribution is -2.23. The van der Waals surface area contributed by atoms with Crippen molar-refractivity contribution in [2.24, 2.45) is 0 Å². The third-order valence-electron chi connectivity index (χ3n) is 3.54. The van der Waals surface area contributed by atoms with E-state index in [1.807, 2.05) is 24.4 Å². The molecule has 0 radical (unpaired) electrons. The van der Waals surface area contributed by atoms with Gasteiger partial charge in [0.25, 0.3) is 0 Å². The van der Waals surface area contributed by atoms with Gasteiger partial charge in [0.2, 0.25) is 0 Å². The normalized spacial score (nSPS) is 14.8. The highest BCUT2D eigenvalue weighted by Crippen LogP contribution is 2.34. The van der Waals surface area contributed by atoms with E-state index in [1.165, 1.54) is 5.56 Å². The van der Waals surface area contributed by atoms with Crippen LogP contribution in [0.4, 0.5) is 0 Å². The SMILES string of the molecule is CCNC(c1ccc2c(c1)OCCO2)c1cc(C)ccn1. The minimum atomic E-state index is 0.0609. The fraction of sp³-hybridized carbons (Fsp3) is 0.353. The summed E-state index contributed by atoms with van der Waals surface area (Å²) in [6.07, 6.45) is 1.85. The summed E-state index contributed by atoms with van der Waals surface area (Å²) in [5, 5.41) is 3.49. The monoisotopic (exact) mass is 284 g/mol. The summed E-state index contributed by atoms with van der Waals surface area (Å²) in [6.45, 7) is 6.26. The van der Waals surface area contributed by atoms with Crippen molar-refractivity contribution < 1.29 is 9.47 Å². The zero-order chi connectivity index (χ0) is 14.7. The zero-order valence-corrected chi connectivity index (χ0v) is 12.4. The number of hydrogen-bond acceptors (Lipinski definition) is 4. The maximum Gasteiger partial charge on any atom is 0.161 e. The Labute approximate surface area is 125 Å². The van der Waals surface area contributed by atoms with Gasteiger partial charge in [0.05, 0.1) is 11.7 Å². The minimum Gasteiger partial charge on any atom is -0.486 e. The van der Waals surface area contributed by atoms with Gasteiger partial charge in [-0.3, -0.25) is 4.98 Å². The van der Waals surface area contributed by atoms with Crippen LogP contribution in [0.5, 0.6) is 11.5 Å². The van der Waals surface area contributed by atoms with Crippen molar-refractivity contribution in [2.75, 3.05) is 19.8 Å².